The Morgan fingerprint density at radius 1 is 1.56 bits per heavy atom. The molecule has 1 aliphatic heterocycles. The third-order valence-corrected chi connectivity index (χ3v) is 3.61. The number of nitrogens with zero attached hydrogens (tertiary/aromatic N) is 1. The van der Waals surface area contributed by atoms with Crippen molar-refractivity contribution in [2.75, 3.05) is 26.2 Å². The molecule has 18 heavy (non-hydrogen) atoms. The summed E-state index contributed by atoms with van der Waals surface area (Å²) in [7, 11) is 0. The second-order valence-corrected chi connectivity index (χ2v) is 4.96. The molecular weight excluding hydrogens is 228 g/mol. The third-order valence-electron chi connectivity index (χ3n) is 3.61. The summed E-state index contributed by atoms with van der Waals surface area (Å²) in [5.74, 6) is 0.365. The van der Waals surface area contributed by atoms with E-state index in [0.29, 0.717) is 18.9 Å². The fourth-order valence-corrected chi connectivity index (χ4v) is 2.44. The maximum atomic E-state index is 9.98. The van der Waals surface area contributed by atoms with E-state index in [1.54, 1.807) is 6.07 Å². The Morgan fingerprint density at radius 2 is 2.33 bits per heavy atom. The van der Waals surface area contributed by atoms with Crippen molar-refractivity contribution in [2.24, 2.45) is 5.73 Å². The van der Waals surface area contributed by atoms with E-state index in [4.69, 9.17) is 10.5 Å². The van der Waals surface area contributed by atoms with Crippen LogP contribution in [0.3, 0.4) is 0 Å². The molecule has 1 aliphatic rings. The number of rotatable bonds is 3. The van der Waals surface area contributed by atoms with Crippen molar-refractivity contribution < 1.29 is 9.84 Å². The molecule has 1 aromatic carbocycles. The first-order valence-electron chi connectivity index (χ1n) is 6.47. The van der Waals surface area contributed by atoms with E-state index in [-0.39, 0.29) is 12.1 Å². The van der Waals surface area contributed by atoms with Gasteiger partial charge in [0.15, 0.2) is 0 Å². The maximum absolute atomic E-state index is 9.98. The molecule has 1 saturated heterocycles. The molecule has 0 saturated carbocycles. The molecule has 1 aromatic rings. The van der Waals surface area contributed by atoms with Crippen molar-refractivity contribution in [3.05, 3.63) is 29.3 Å². The van der Waals surface area contributed by atoms with Crippen molar-refractivity contribution in [1.29, 1.82) is 0 Å². The topological polar surface area (TPSA) is 58.7 Å². The first-order valence-corrected chi connectivity index (χ1v) is 6.47. The lowest BCUT2D eigenvalue weighted by molar-refractivity contribution is -0.0367. The average Bonchev–Trinajstić information content (AvgIpc) is 2.41. The van der Waals surface area contributed by atoms with Crippen LogP contribution in [0.15, 0.2) is 18.2 Å². The minimum Gasteiger partial charge on any atom is -0.508 e. The van der Waals surface area contributed by atoms with Gasteiger partial charge < -0.3 is 15.6 Å². The van der Waals surface area contributed by atoms with Gasteiger partial charge in [0, 0.05) is 31.2 Å². The molecule has 4 nitrogen and oxygen atoms in total. The van der Waals surface area contributed by atoms with E-state index in [1.807, 2.05) is 19.1 Å². The van der Waals surface area contributed by atoms with Gasteiger partial charge in [-0.1, -0.05) is 17.7 Å². The minimum absolute atomic E-state index is 0.105. The Balaban J connectivity index is 2.14. The zero-order valence-electron chi connectivity index (χ0n) is 11.1. The van der Waals surface area contributed by atoms with E-state index in [2.05, 4.69) is 11.8 Å². The van der Waals surface area contributed by atoms with E-state index in [0.717, 1.165) is 18.7 Å². The van der Waals surface area contributed by atoms with Crippen LogP contribution in [-0.2, 0) is 4.74 Å². The molecule has 0 radical (unpaired) electrons. The van der Waals surface area contributed by atoms with Gasteiger partial charge in [0.2, 0.25) is 0 Å². The number of aryl methyl sites for hydroxylation is 1. The molecule has 4 heteroatoms. The number of benzene rings is 1. The average molecular weight is 250 g/mol. The van der Waals surface area contributed by atoms with Gasteiger partial charge >= 0.3 is 0 Å². The lowest BCUT2D eigenvalue weighted by Gasteiger charge is -2.36. The first kappa shape index (κ1) is 13.3. The molecule has 0 aromatic heterocycles. The molecule has 1 heterocycles. The number of ether oxygens (including phenoxy) is 1. The summed E-state index contributed by atoms with van der Waals surface area (Å²) < 4.78 is 5.57. The van der Waals surface area contributed by atoms with E-state index in [1.165, 1.54) is 5.56 Å². The van der Waals surface area contributed by atoms with Crippen LogP contribution in [0.25, 0.3) is 0 Å². The fraction of sp³-hybridized carbons (Fsp3) is 0.571. The molecule has 2 unspecified atom stereocenters. The SMILES string of the molecule is Cc1ccc(O)c(C(C)N2CCOC(CN)C2)c1. The number of hydrogen-bond donors (Lipinski definition) is 2. The molecule has 1 fully saturated rings. The van der Waals surface area contributed by atoms with Crippen LogP contribution < -0.4 is 5.73 Å². The zero-order valence-corrected chi connectivity index (χ0v) is 11.1. The van der Waals surface area contributed by atoms with Crippen LogP contribution in [-0.4, -0.2) is 42.4 Å². The number of phenolic OH excluding ortho intramolecular Hbond substituents is 1. The van der Waals surface area contributed by atoms with E-state index in [9.17, 15) is 5.11 Å². The van der Waals surface area contributed by atoms with Gasteiger partial charge in [0.1, 0.15) is 5.75 Å². The van der Waals surface area contributed by atoms with Gasteiger partial charge in [-0.2, -0.15) is 0 Å². The predicted octanol–water partition coefficient (Wildman–Crippen LogP) is 1.42. The summed E-state index contributed by atoms with van der Waals surface area (Å²) >= 11 is 0. The van der Waals surface area contributed by atoms with Crippen molar-refractivity contribution in [3.8, 4) is 5.75 Å². The predicted molar refractivity (Wildman–Crippen MR) is 71.6 cm³/mol. The molecule has 2 rings (SSSR count). The summed E-state index contributed by atoms with van der Waals surface area (Å²) in [4.78, 5) is 2.32. The maximum Gasteiger partial charge on any atom is 0.120 e. The summed E-state index contributed by atoms with van der Waals surface area (Å²) in [6.45, 7) is 7.11. The van der Waals surface area contributed by atoms with Crippen LogP contribution in [0.1, 0.15) is 24.1 Å². The van der Waals surface area contributed by atoms with Crippen molar-refractivity contribution in [3.63, 3.8) is 0 Å². The number of hydrogen-bond acceptors (Lipinski definition) is 4. The Bertz CT molecular complexity index is 409. The standard InChI is InChI=1S/C14H22N2O2/c1-10-3-4-14(17)13(7-10)11(2)16-5-6-18-12(8-15)9-16/h3-4,7,11-12,17H,5-6,8-9,15H2,1-2H3. The highest BCUT2D eigenvalue weighted by atomic mass is 16.5. The van der Waals surface area contributed by atoms with Gasteiger partial charge in [-0.15, -0.1) is 0 Å². The second-order valence-electron chi connectivity index (χ2n) is 4.96. The Kier molecular flexibility index (Phi) is 4.22. The Hall–Kier alpha value is -1.10. The molecule has 0 aliphatic carbocycles. The molecule has 100 valence electrons. The van der Waals surface area contributed by atoms with Gasteiger partial charge in [0.25, 0.3) is 0 Å². The highest BCUT2D eigenvalue weighted by Gasteiger charge is 2.25. The molecule has 2 atom stereocenters. The highest BCUT2D eigenvalue weighted by molar-refractivity contribution is 5.37. The number of morpholine rings is 1. The fourth-order valence-electron chi connectivity index (χ4n) is 2.44. The summed E-state index contributed by atoms with van der Waals surface area (Å²) in [6.07, 6.45) is 0.105. The Morgan fingerprint density at radius 3 is 3.06 bits per heavy atom. The van der Waals surface area contributed by atoms with Gasteiger partial charge in [0.05, 0.1) is 12.7 Å². The van der Waals surface area contributed by atoms with Crippen LogP contribution in [0.4, 0.5) is 0 Å². The second kappa shape index (κ2) is 5.69. The zero-order chi connectivity index (χ0) is 13.1. The normalized spacial score (nSPS) is 22.9. The molecule has 0 spiro atoms. The van der Waals surface area contributed by atoms with Crippen LogP contribution in [0.5, 0.6) is 5.75 Å². The number of nitrogens with two attached hydrogens (primary N) is 1. The number of aromatic hydroxyl groups is 1. The highest BCUT2D eigenvalue weighted by Crippen LogP contribution is 2.30. The first-order chi connectivity index (χ1) is 8.61. The quantitative estimate of drug-likeness (QED) is 0.852. The monoisotopic (exact) mass is 250 g/mol. The largest absolute Gasteiger partial charge is 0.508 e. The minimum atomic E-state index is 0.105. The number of phenols is 1. The van der Waals surface area contributed by atoms with Gasteiger partial charge in [-0.25, -0.2) is 0 Å². The van der Waals surface area contributed by atoms with Crippen LogP contribution in [0, 0.1) is 6.92 Å². The summed E-state index contributed by atoms with van der Waals surface area (Å²) in [6, 6.07) is 5.92. The van der Waals surface area contributed by atoms with Crippen molar-refractivity contribution in [1.82, 2.24) is 4.90 Å². The lowest BCUT2D eigenvalue weighted by Crippen LogP contribution is -2.46. The van der Waals surface area contributed by atoms with E-state index >= 15 is 0 Å². The van der Waals surface area contributed by atoms with Crippen molar-refractivity contribution in [2.45, 2.75) is 26.0 Å². The summed E-state index contributed by atoms with van der Waals surface area (Å²) in [5, 5.41) is 9.98. The third kappa shape index (κ3) is 2.83. The van der Waals surface area contributed by atoms with Gasteiger partial charge in [-0.3, -0.25) is 4.90 Å². The van der Waals surface area contributed by atoms with Crippen molar-refractivity contribution >= 4 is 0 Å². The smallest absolute Gasteiger partial charge is 0.120 e. The molecule has 3 N–H and O–H groups in total. The summed E-state index contributed by atoms with van der Waals surface area (Å²) in [5.41, 5.74) is 7.80. The van der Waals surface area contributed by atoms with Crippen LogP contribution >= 0.6 is 0 Å². The van der Waals surface area contributed by atoms with E-state index < -0.39 is 0 Å². The molecule has 0 bridgehead atoms. The van der Waals surface area contributed by atoms with Gasteiger partial charge in [-0.05, 0) is 19.9 Å². The Labute approximate surface area is 108 Å². The molecule has 0 amide bonds. The lowest BCUT2D eigenvalue weighted by atomic mass is 10.0. The van der Waals surface area contributed by atoms with Crippen LogP contribution in [0.2, 0.25) is 0 Å². The molecular formula is C14H22N2O2.